The van der Waals surface area contributed by atoms with E-state index in [0.717, 1.165) is 11.3 Å². The first-order chi connectivity index (χ1) is 12.9. The van der Waals surface area contributed by atoms with Crippen molar-refractivity contribution in [1.82, 2.24) is 0 Å². The highest BCUT2D eigenvalue weighted by molar-refractivity contribution is 5.26. The molecular formula is C21H32O6. The Bertz CT molecular complexity index is 577. The summed E-state index contributed by atoms with van der Waals surface area (Å²) in [5.41, 5.74) is 1.72. The van der Waals surface area contributed by atoms with E-state index in [1.807, 2.05) is 52.0 Å². The number of methoxy groups -OCH3 is 1. The summed E-state index contributed by atoms with van der Waals surface area (Å²) in [6.07, 6.45) is -1.25. The number of hydrogen-bond acceptors (Lipinski definition) is 6. The Labute approximate surface area is 162 Å². The van der Waals surface area contributed by atoms with Crippen LogP contribution in [0.2, 0.25) is 0 Å². The Kier molecular flexibility index (Phi) is 8.26. The zero-order valence-electron chi connectivity index (χ0n) is 17.0. The molecule has 1 saturated heterocycles. The van der Waals surface area contributed by atoms with Gasteiger partial charge in [-0.05, 0) is 45.4 Å². The van der Waals surface area contributed by atoms with E-state index in [0.29, 0.717) is 32.0 Å². The lowest BCUT2D eigenvalue weighted by Gasteiger charge is -2.30. The maximum atomic E-state index is 6.21. The van der Waals surface area contributed by atoms with Gasteiger partial charge in [-0.2, -0.15) is 0 Å². The molecule has 6 nitrogen and oxygen atoms in total. The molecule has 0 unspecified atom stereocenters. The molecule has 1 aliphatic heterocycles. The van der Waals surface area contributed by atoms with Gasteiger partial charge in [-0.1, -0.05) is 18.7 Å². The predicted molar refractivity (Wildman–Crippen MR) is 103 cm³/mol. The normalized spacial score (nSPS) is 20.0. The zero-order chi connectivity index (χ0) is 19.9. The van der Waals surface area contributed by atoms with Crippen molar-refractivity contribution in [3.63, 3.8) is 0 Å². The molecule has 0 N–H and O–H groups in total. The molecule has 1 aromatic carbocycles. The van der Waals surface area contributed by atoms with Gasteiger partial charge in [0.2, 0.25) is 0 Å². The van der Waals surface area contributed by atoms with Gasteiger partial charge in [-0.25, -0.2) is 0 Å². The van der Waals surface area contributed by atoms with Gasteiger partial charge in [0.25, 0.3) is 0 Å². The molecule has 0 aromatic heterocycles. The molecule has 0 spiro atoms. The predicted octanol–water partition coefficient (Wildman–Crippen LogP) is 3.69. The third-order valence-electron chi connectivity index (χ3n) is 4.26. The van der Waals surface area contributed by atoms with E-state index in [1.165, 1.54) is 0 Å². The van der Waals surface area contributed by atoms with Crippen LogP contribution in [0.1, 0.15) is 33.3 Å². The van der Waals surface area contributed by atoms with Crippen molar-refractivity contribution >= 4 is 0 Å². The van der Waals surface area contributed by atoms with Crippen molar-refractivity contribution < 1.29 is 28.4 Å². The Morgan fingerprint density at radius 2 is 1.78 bits per heavy atom. The highest BCUT2D eigenvalue weighted by atomic mass is 16.8. The molecule has 0 aliphatic carbocycles. The standard InChI is InChI=1S/C21H32O6/c1-7-23-20(24-8-2)15(3)19(18-14-26-21(4,5)27-18)25-13-16-9-11-17(22-6)12-10-16/h9-12,18-20H,3,7-8,13-14H2,1-2,4-6H3/t18-,19+/m1/s1. The number of rotatable bonds is 11. The van der Waals surface area contributed by atoms with Gasteiger partial charge in [0, 0.05) is 18.8 Å². The fraction of sp³-hybridized carbons (Fsp3) is 0.619. The van der Waals surface area contributed by atoms with Gasteiger partial charge < -0.3 is 28.4 Å². The summed E-state index contributed by atoms with van der Waals surface area (Å²) in [5.74, 6) is 0.154. The van der Waals surface area contributed by atoms with Gasteiger partial charge >= 0.3 is 0 Å². The fourth-order valence-electron chi connectivity index (χ4n) is 2.92. The second-order valence-corrected chi connectivity index (χ2v) is 6.76. The monoisotopic (exact) mass is 380 g/mol. The van der Waals surface area contributed by atoms with Gasteiger partial charge in [0.1, 0.15) is 18.0 Å². The number of hydrogen-bond donors (Lipinski definition) is 0. The van der Waals surface area contributed by atoms with Crippen molar-refractivity contribution in [1.29, 1.82) is 0 Å². The van der Waals surface area contributed by atoms with Crippen LogP contribution in [-0.4, -0.2) is 51.2 Å². The minimum absolute atomic E-state index is 0.283. The Morgan fingerprint density at radius 1 is 1.15 bits per heavy atom. The summed E-state index contributed by atoms with van der Waals surface area (Å²) in [7, 11) is 1.65. The van der Waals surface area contributed by atoms with Crippen LogP contribution in [0.5, 0.6) is 5.75 Å². The maximum Gasteiger partial charge on any atom is 0.182 e. The number of benzene rings is 1. The molecule has 6 heteroatoms. The lowest BCUT2D eigenvalue weighted by Crippen LogP contribution is -2.39. The quantitative estimate of drug-likeness (QED) is 0.431. The zero-order valence-corrected chi connectivity index (χ0v) is 17.0. The average Bonchev–Trinajstić information content (AvgIpc) is 3.01. The molecule has 2 rings (SSSR count). The molecule has 0 radical (unpaired) electrons. The average molecular weight is 380 g/mol. The minimum Gasteiger partial charge on any atom is -0.497 e. The van der Waals surface area contributed by atoms with Gasteiger partial charge in [0.05, 0.1) is 20.3 Å². The number of ether oxygens (including phenoxy) is 6. The van der Waals surface area contributed by atoms with Crippen molar-refractivity contribution in [3.8, 4) is 5.75 Å². The van der Waals surface area contributed by atoms with Crippen molar-refractivity contribution in [2.24, 2.45) is 0 Å². The van der Waals surface area contributed by atoms with E-state index in [1.54, 1.807) is 7.11 Å². The summed E-state index contributed by atoms with van der Waals surface area (Å²) in [6.45, 7) is 13.7. The van der Waals surface area contributed by atoms with Crippen LogP contribution in [0.15, 0.2) is 36.4 Å². The summed E-state index contributed by atoms with van der Waals surface area (Å²) >= 11 is 0. The molecule has 27 heavy (non-hydrogen) atoms. The SMILES string of the molecule is C=C(C(OCC)OCC)[C@H](OCc1ccc(OC)cc1)[C@H]1COC(C)(C)O1. The van der Waals surface area contributed by atoms with Crippen molar-refractivity contribution in [2.75, 3.05) is 26.9 Å². The first-order valence-corrected chi connectivity index (χ1v) is 9.38. The second-order valence-electron chi connectivity index (χ2n) is 6.76. The maximum absolute atomic E-state index is 6.21. The summed E-state index contributed by atoms with van der Waals surface area (Å²) in [6, 6.07) is 7.75. The van der Waals surface area contributed by atoms with E-state index in [-0.39, 0.29) is 6.10 Å². The van der Waals surface area contributed by atoms with Crippen LogP contribution < -0.4 is 4.74 Å². The van der Waals surface area contributed by atoms with Gasteiger partial charge in [0.15, 0.2) is 12.1 Å². The first-order valence-electron chi connectivity index (χ1n) is 9.38. The molecule has 152 valence electrons. The summed E-state index contributed by atoms with van der Waals surface area (Å²) in [5, 5.41) is 0. The Balaban J connectivity index is 2.11. The van der Waals surface area contributed by atoms with Crippen LogP contribution in [-0.2, 0) is 30.3 Å². The van der Waals surface area contributed by atoms with E-state index < -0.39 is 18.2 Å². The van der Waals surface area contributed by atoms with E-state index >= 15 is 0 Å². The van der Waals surface area contributed by atoms with Gasteiger partial charge in [-0.3, -0.25) is 0 Å². The van der Waals surface area contributed by atoms with Crippen molar-refractivity contribution in [3.05, 3.63) is 42.0 Å². The van der Waals surface area contributed by atoms with Crippen LogP contribution in [0.25, 0.3) is 0 Å². The molecule has 2 atom stereocenters. The third-order valence-corrected chi connectivity index (χ3v) is 4.26. The summed E-state index contributed by atoms with van der Waals surface area (Å²) in [4.78, 5) is 0. The molecule has 0 saturated carbocycles. The highest BCUT2D eigenvalue weighted by Crippen LogP contribution is 2.30. The summed E-state index contributed by atoms with van der Waals surface area (Å²) < 4.78 is 34.6. The first kappa shape index (κ1) is 21.9. The van der Waals surface area contributed by atoms with Gasteiger partial charge in [-0.15, -0.1) is 0 Å². The van der Waals surface area contributed by atoms with E-state index in [4.69, 9.17) is 28.4 Å². The lowest BCUT2D eigenvalue weighted by molar-refractivity contribution is -0.164. The topological polar surface area (TPSA) is 55.4 Å². The molecule has 1 aromatic rings. The Hall–Kier alpha value is -1.44. The smallest absolute Gasteiger partial charge is 0.182 e. The van der Waals surface area contributed by atoms with Crippen LogP contribution >= 0.6 is 0 Å². The van der Waals surface area contributed by atoms with Crippen molar-refractivity contribution in [2.45, 2.75) is 58.6 Å². The molecule has 0 amide bonds. The molecule has 1 aliphatic rings. The third kappa shape index (κ3) is 6.30. The van der Waals surface area contributed by atoms with Crippen LogP contribution in [0.4, 0.5) is 0 Å². The Morgan fingerprint density at radius 3 is 2.26 bits per heavy atom. The van der Waals surface area contributed by atoms with Crippen LogP contribution in [0, 0.1) is 0 Å². The van der Waals surface area contributed by atoms with E-state index in [9.17, 15) is 0 Å². The van der Waals surface area contributed by atoms with Crippen LogP contribution in [0.3, 0.4) is 0 Å². The van der Waals surface area contributed by atoms with E-state index in [2.05, 4.69) is 6.58 Å². The molecule has 0 bridgehead atoms. The minimum atomic E-state index is -0.653. The second kappa shape index (κ2) is 10.2. The largest absolute Gasteiger partial charge is 0.497 e. The lowest BCUT2D eigenvalue weighted by atomic mass is 10.1. The fourth-order valence-corrected chi connectivity index (χ4v) is 2.92. The molecular weight excluding hydrogens is 348 g/mol. The molecule has 1 heterocycles. The highest BCUT2D eigenvalue weighted by Gasteiger charge is 2.40. The molecule has 1 fully saturated rings.